The fraction of sp³-hybridized carbons (Fsp3) is 0.455. The molecule has 0 aromatic heterocycles. The molecule has 0 aliphatic rings. The predicted molar refractivity (Wildman–Crippen MR) is 66.5 cm³/mol. The summed E-state index contributed by atoms with van der Waals surface area (Å²) in [6.07, 6.45) is 0. The Morgan fingerprint density at radius 3 is 2.62 bits per heavy atom. The standard InChI is InChI=1S/C11H15ClN4/c1-9(16(2)8-7-14-15-13)10-3-5-11(12)6-4-10/h3-6,9H,7-8H2,1-2H3. The Balaban J connectivity index is 2.58. The van der Waals surface area contributed by atoms with Crippen molar-refractivity contribution in [3.8, 4) is 0 Å². The van der Waals surface area contributed by atoms with E-state index in [0.717, 1.165) is 11.6 Å². The molecule has 1 aromatic rings. The Kier molecular flexibility index (Phi) is 5.12. The highest BCUT2D eigenvalue weighted by Gasteiger charge is 2.10. The first-order chi connectivity index (χ1) is 7.65. The van der Waals surface area contributed by atoms with E-state index in [4.69, 9.17) is 17.1 Å². The Morgan fingerprint density at radius 2 is 2.06 bits per heavy atom. The van der Waals surface area contributed by atoms with Gasteiger partial charge in [0.25, 0.3) is 0 Å². The molecule has 0 bridgehead atoms. The van der Waals surface area contributed by atoms with Crippen molar-refractivity contribution in [2.24, 2.45) is 5.11 Å². The highest BCUT2D eigenvalue weighted by atomic mass is 35.5. The SMILES string of the molecule is CC(c1ccc(Cl)cc1)N(C)CCN=[N+]=[N-]. The minimum Gasteiger partial charge on any atom is -0.300 e. The van der Waals surface area contributed by atoms with E-state index in [0.29, 0.717) is 6.54 Å². The summed E-state index contributed by atoms with van der Waals surface area (Å²) in [4.78, 5) is 4.87. The Morgan fingerprint density at radius 1 is 1.44 bits per heavy atom. The van der Waals surface area contributed by atoms with Gasteiger partial charge < -0.3 is 0 Å². The maximum Gasteiger partial charge on any atom is 0.0406 e. The molecule has 0 radical (unpaired) electrons. The molecular weight excluding hydrogens is 224 g/mol. The zero-order chi connectivity index (χ0) is 12.0. The second kappa shape index (κ2) is 6.38. The maximum absolute atomic E-state index is 8.19. The molecule has 0 amide bonds. The Labute approximate surface area is 100 Å². The highest BCUT2D eigenvalue weighted by Crippen LogP contribution is 2.20. The molecule has 0 spiro atoms. The zero-order valence-corrected chi connectivity index (χ0v) is 10.2. The lowest BCUT2D eigenvalue weighted by Gasteiger charge is -2.24. The van der Waals surface area contributed by atoms with E-state index < -0.39 is 0 Å². The van der Waals surface area contributed by atoms with Crippen LogP contribution in [0.25, 0.3) is 10.4 Å². The fourth-order valence-electron chi connectivity index (χ4n) is 1.44. The first-order valence-electron chi connectivity index (χ1n) is 5.11. The molecule has 5 heteroatoms. The van der Waals surface area contributed by atoms with Gasteiger partial charge in [-0.25, -0.2) is 0 Å². The summed E-state index contributed by atoms with van der Waals surface area (Å²) in [7, 11) is 2.01. The predicted octanol–water partition coefficient (Wildman–Crippen LogP) is 3.64. The van der Waals surface area contributed by atoms with Crippen molar-refractivity contribution in [3.63, 3.8) is 0 Å². The maximum atomic E-state index is 8.19. The molecule has 0 fully saturated rings. The molecule has 1 unspecified atom stereocenters. The van der Waals surface area contributed by atoms with Gasteiger partial charge in [0.05, 0.1) is 0 Å². The lowest BCUT2D eigenvalue weighted by molar-refractivity contribution is 0.269. The average molecular weight is 239 g/mol. The first-order valence-corrected chi connectivity index (χ1v) is 5.49. The van der Waals surface area contributed by atoms with Crippen LogP contribution in [0.5, 0.6) is 0 Å². The van der Waals surface area contributed by atoms with Crippen molar-refractivity contribution in [1.29, 1.82) is 0 Å². The van der Waals surface area contributed by atoms with Crippen LogP contribution in [-0.2, 0) is 0 Å². The molecular formula is C11H15ClN4. The van der Waals surface area contributed by atoms with E-state index in [-0.39, 0.29) is 6.04 Å². The third-order valence-electron chi connectivity index (χ3n) is 2.63. The van der Waals surface area contributed by atoms with Crippen molar-refractivity contribution in [3.05, 3.63) is 45.3 Å². The number of hydrogen-bond donors (Lipinski definition) is 0. The second-order valence-electron chi connectivity index (χ2n) is 3.66. The normalized spacial score (nSPS) is 12.2. The molecule has 0 N–H and O–H groups in total. The fourth-order valence-corrected chi connectivity index (χ4v) is 1.56. The molecule has 0 aliphatic heterocycles. The average Bonchev–Trinajstić information content (AvgIpc) is 2.29. The van der Waals surface area contributed by atoms with Crippen molar-refractivity contribution < 1.29 is 0 Å². The van der Waals surface area contributed by atoms with E-state index in [1.54, 1.807) is 0 Å². The molecule has 1 rings (SSSR count). The van der Waals surface area contributed by atoms with Gasteiger partial charge in [-0.2, -0.15) is 0 Å². The van der Waals surface area contributed by atoms with Gasteiger partial charge >= 0.3 is 0 Å². The van der Waals surface area contributed by atoms with E-state index in [1.165, 1.54) is 5.56 Å². The van der Waals surface area contributed by atoms with Crippen molar-refractivity contribution in [2.75, 3.05) is 20.1 Å². The largest absolute Gasteiger partial charge is 0.300 e. The lowest BCUT2D eigenvalue weighted by Crippen LogP contribution is -2.25. The Hall–Kier alpha value is -1.22. The molecule has 86 valence electrons. The molecule has 4 nitrogen and oxygen atoms in total. The van der Waals surface area contributed by atoms with Gasteiger partial charge in [-0.15, -0.1) is 0 Å². The Bertz CT molecular complexity index is 370. The number of benzene rings is 1. The topological polar surface area (TPSA) is 52.0 Å². The van der Waals surface area contributed by atoms with E-state index >= 15 is 0 Å². The molecule has 0 saturated heterocycles. The van der Waals surface area contributed by atoms with Gasteiger partial charge in [0.15, 0.2) is 0 Å². The monoisotopic (exact) mass is 238 g/mol. The van der Waals surface area contributed by atoms with Crippen LogP contribution in [0.4, 0.5) is 0 Å². The minimum atomic E-state index is 0.283. The summed E-state index contributed by atoms with van der Waals surface area (Å²) < 4.78 is 0. The zero-order valence-electron chi connectivity index (χ0n) is 9.47. The molecule has 0 aliphatic carbocycles. The number of nitrogens with zero attached hydrogens (tertiary/aromatic N) is 4. The van der Waals surface area contributed by atoms with Crippen LogP contribution in [-0.4, -0.2) is 25.0 Å². The third-order valence-corrected chi connectivity index (χ3v) is 2.88. The number of hydrogen-bond acceptors (Lipinski definition) is 2. The summed E-state index contributed by atoms with van der Waals surface area (Å²) in [5.41, 5.74) is 9.39. The van der Waals surface area contributed by atoms with Crippen LogP contribution in [0, 0.1) is 0 Å². The van der Waals surface area contributed by atoms with Gasteiger partial charge in [-0.3, -0.25) is 4.90 Å². The molecule has 1 aromatic carbocycles. The lowest BCUT2D eigenvalue weighted by atomic mass is 10.1. The second-order valence-corrected chi connectivity index (χ2v) is 4.10. The van der Waals surface area contributed by atoms with Crippen molar-refractivity contribution in [1.82, 2.24) is 4.90 Å². The molecule has 0 heterocycles. The van der Waals surface area contributed by atoms with E-state index in [1.807, 2.05) is 31.3 Å². The number of azide groups is 1. The molecule has 16 heavy (non-hydrogen) atoms. The summed E-state index contributed by atoms with van der Waals surface area (Å²) >= 11 is 5.83. The van der Waals surface area contributed by atoms with Gasteiger partial charge in [0.2, 0.25) is 0 Å². The van der Waals surface area contributed by atoms with Gasteiger partial charge in [0.1, 0.15) is 0 Å². The van der Waals surface area contributed by atoms with E-state index in [9.17, 15) is 0 Å². The number of rotatable bonds is 5. The summed E-state index contributed by atoms with van der Waals surface area (Å²) in [6, 6.07) is 8.07. The van der Waals surface area contributed by atoms with Crippen LogP contribution >= 0.6 is 11.6 Å². The molecule has 1 atom stereocenters. The van der Waals surface area contributed by atoms with Crippen LogP contribution in [0.2, 0.25) is 5.02 Å². The van der Waals surface area contributed by atoms with Crippen LogP contribution in [0.15, 0.2) is 29.4 Å². The van der Waals surface area contributed by atoms with Gasteiger partial charge in [-0.05, 0) is 37.2 Å². The molecule has 0 saturated carbocycles. The van der Waals surface area contributed by atoms with Gasteiger partial charge in [-0.1, -0.05) is 28.8 Å². The quantitative estimate of drug-likeness (QED) is 0.439. The smallest absolute Gasteiger partial charge is 0.0406 e. The van der Waals surface area contributed by atoms with Crippen molar-refractivity contribution >= 4 is 11.6 Å². The van der Waals surface area contributed by atoms with E-state index in [2.05, 4.69) is 21.8 Å². The van der Waals surface area contributed by atoms with Crippen molar-refractivity contribution in [2.45, 2.75) is 13.0 Å². The number of halogens is 1. The minimum absolute atomic E-state index is 0.283. The number of likely N-dealkylation sites (N-methyl/N-ethyl adjacent to an activating group) is 1. The van der Waals surface area contributed by atoms with Crippen LogP contribution in [0.3, 0.4) is 0 Å². The summed E-state index contributed by atoms with van der Waals surface area (Å²) in [6.45, 7) is 3.35. The summed E-state index contributed by atoms with van der Waals surface area (Å²) in [5.74, 6) is 0. The van der Waals surface area contributed by atoms with Crippen LogP contribution < -0.4 is 0 Å². The summed E-state index contributed by atoms with van der Waals surface area (Å²) in [5, 5.41) is 4.26. The van der Waals surface area contributed by atoms with Crippen LogP contribution in [0.1, 0.15) is 18.5 Å². The van der Waals surface area contributed by atoms with Gasteiger partial charge in [0, 0.05) is 29.1 Å². The highest BCUT2D eigenvalue weighted by molar-refractivity contribution is 6.30. The first kappa shape index (κ1) is 12.8. The third kappa shape index (κ3) is 3.74.